The van der Waals surface area contributed by atoms with Crippen molar-refractivity contribution < 1.29 is 13.7 Å². The third kappa shape index (κ3) is 4.59. The number of aromatic nitrogens is 3. The summed E-state index contributed by atoms with van der Waals surface area (Å²) in [6.45, 7) is 5.89. The summed E-state index contributed by atoms with van der Waals surface area (Å²) in [7, 11) is 1.57. The van der Waals surface area contributed by atoms with Gasteiger partial charge in [-0.05, 0) is 48.7 Å². The molecule has 0 saturated heterocycles. The van der Waals surface area contributed by atoms with Gasteiger partial charge >= 0.3 is 0 Å². The van der Waals surface area contributed by atoms with Gasteiger partial charge in [0, 0.05) is 25.4 Å². The van der Waals surface area contributed by atoms with E-state index in [1.807, 2.05) is 0 Å². The second-order valence-electron chi connectivity index (χ2n) is 7.39. The molecule has 0 bridgehead atoms. The molecule has 0 unspecified atom stereocenters. The standard InChI is InChI=1S/C21H23FN4O3/c1-13(2)11-17-23-18(29-24-17)12-25(4)20(27)19-14(3)9-10-26(21(19)28)16-7-5-15(22)6-8-16/h5-10,13H,11-12H2,1-4H3. The average Bonchev–Trinajstić information content (AvgIpc) is 3.08. The number of carbonyl (C=O) groups excluding carboxylic acids is 1. The first-order valence-electron chi connectivity index (χ1n) is 9.31. The lowest BCUT2D eigenvalue weighted by atomic mass is 10.1. The number of rotatable bonds is 6. The normalized spacial score (nSPS) is 11.1. The van der Waals surface area contributed by atoms with Crippen molar-refractivity contribution >= 4 is 5.91 Å². The number of halogens is 1. The van der Waals surface area contributed by atoms with Crippen LogP contribution in [0.5, 0.6) is 0 Å². The van der Waals surface area contributed by atoms with Gasteiger partial charge in [-0.1, -0.05) is 19.0 Å². The minimum atomic E-state index is -0.473. The molecule has 3 rings (SSSR count). The monoisotopic (exact) mass is 398 g/mol. The molecule has 8 heteroatoms. The second-order valence-corrected chi connectivity index (χ2v) is 7.39. The lowest BCUT2D eigenvalue weighted by Gasteiger charge is -2.17. The van der Waals surface area contributed by atoms with Crippen LogP contribution in [0.15, 0.2) is 45.8 Å². The van der Waals surface area contributed by atoms with E-state index in [2.05, 4.69) is 24.0 Å². The zero-order chi connectivity index (χ0) is 21.1. The van der Waals surface area contributed by atoms with Crippen molar-refractivity contribution in [3.63, 3.8) is 0 Å². The number of pyridine rings is 1. The molecule has 0 aliphatic heterocycles. The molecule has 0 radical (unpaired) electrons. The van der Waals surface area contributed by atoms with Crippen LogP contribution in [-0.2, 0) is 13.0 Å². The van der Waals surface area contributed by atoms with Crippen molar-refractivity contribution in [2.75, 3.05) is 7.05 Å². The average molecular weight is 398 g/mol. The van der Waals surface area contributed by atoms with E-state index in [1.165, 1.54) is 33.7 Å². The molecule has 2 heterocycles. The Balaban J connectivity index is 1.86. The maximum absolute atomic E-state index is 13.2. The minimum absolute atomic E-state index is 0.0428. The highest BCUT2D eigenvalue weighted by Crippen LogP contribution is 2.13. The Kier molecular flexibility index (Phi) is 5.91. The van der Waals surface area contributed by atoms with Crippen LogP contribution >= 0.6 is 0 Å². The zero-order valence-electron chi connectivity index (χ0n) is 16.8. The maximum atomic E-state index is 13.2. The molecule has 7 nitrogen and oxygen atoms in total. The number of aryl methyl sites for hydroxylation is 1. The number of hydrogen-bond donors (Lipinski definition) is 0. The molecule has 0 N–H and O–H groups in total. The Bertz CT molecular complexity index is 1070. The molecule has 0 aliphatic rings. The molecule has 2 aromatic heterocycles. The summed E-state index contributed by atoms with van der Waals surface area (Å²) in [6, 6.07) is 7.18. The van der Waals surface area contributed by atoms with Crippen LogP contribution in [0.4, 0.5) is 4.39 Å². The van der Waals surface area contributed by atoms with Crippen molar-refractivity contribution in [1.29, 1.82) is 0 Å². The third-order valence-electron chi connectivity index (χ3n) is 4.44. The Morgan fingerprint density at radius 3 is 2.59 bits per heavy atom. The summed E-state index contributed by atoms with van der Waals surface area (Å²) in [5, 5.41) is 3.92. The first-order chi connectivity index (χ1) is 13.8. The van der Waals surface area contributed by atoms with Gasteiger partial charge in [-0.2, -0.15) is 4.98 Å². The van der Waals surface area contributed by atoms with E-state index < -0.39 is 17.3 Å². The molecule has 29 heavy (non-hydrogen) atoms. The highest BCUT2D eigenvalue weighted by Gasteiger charge is 2.22. The third-order valence-corrected chi connectivity index (χ3v) is 4.44. The fraction of sp³-hybridized carbons (Fsp3) is 0.333. The SMILES string of the molecule is Cc1ccn(-c2ccc(F)cc2)c(=O)c1C(=O)N(C)Cc1nc(CC(C)C)no1. The fourth-order valence-electron chi connectivity index (χ4n) is 2.96. The Morgan fingerprint density at radius 1 is 1.24 bits per heavy atom. The molecule has 0 aliphatic carbocycles. The first kappa shape index (κ1) is 20.4. The van der Waals surface area contributed by atoms with E-state index in [0.717, 1.165) is 0 Å². The molecule has 0 atom stereocenters. The van der Waals surface area contributed by atoms with Gasteiger partial charge in [0.25, 0.3) is 11.5 Å². The highest BCUT2D eigenvalue weighted by molar-refractivity contribution is 5.95. The van der Waals surface area contributed by atoms with Crippen molar-refractivity contribution in [3.8, 4) is 5.69 Å². The van der Waals surface area contributed by atoms with Crippen LogP contribution in [0, 0.1) is 18.7 Å². The number of carbonyl (C=O) groups is 1. The van der Waals surface area contributed by atoms with Crippen molar-refractivity contribution in [2.45, 2.75) is 33.7 Å². The van der Waals surface area contributed by atoms with E-state index >= 15 is 0 Å². The Hall–Kier alpha value is -3.29. The molecule has 0 fully saturated rings. The lowest BCUT2D eigenvalue weighted by Crippen LogP contribution is -2.34. The van der Waals surface area contributed by atoms with Crippen LogP contribution in [0.1, 0.15) is 41.5 Å². The molecule has 0 spiro atoms. The molecule has 1 amide bonds. The smallest absolute Gasteiger partial charge is 0.268 e. The van der Waals surface area contributed by atoms with Crippen molar-refractivity contribution in [1.82, 2.24) is 19.6 Å². The van der Waals surface area contributed by atoms with Crippen LogP contribution in [-0.4, -0.2) is 32.6 Å². The summed E-state index contributed by atoms with van der Waals surface area (Å²) < 4.78 is 19.7. The topological polar surface area (TPSA) is 81.2 Å². The molecule has 0 saturated carbocycles. The molecular formula is C21H23FN4O3. The number of nitrogens with zero attached hydrogens (tertiary/aromatic N) is 4. The summed E-state index contributed by atoms with van der Waals surface area (Å²) in [4.78, 5) is 31.6. The zero-order valence-corrected chi connectivity index (χ0v) is 16.8. The largest absolute Gasteiger partial charge is 0.337 e. The van der Waals surface area contributed by atoms with Gasteiger partial charge in [0.2, 0.25) is 5.89 Å². The van der Waals surface area contributed by atoms with Gasteiger partial charge in [-0.25, -0.2) is 4.39 Å². The molecule has 1 aromatic carbocycles. The lowest BCUT2D eigenvalue weighted by molar-refractivity contribution is 0.0766. The maximum Gasteiger partial charge on any atom is 0.268 e. The van der Waals surface area contributed by atoms with Crippen LogP contribution in [0.3, 0.4) is 0 Å². The summed E-state index contributed by atoms with van der Waals surface area (Å²) in [6.07, 6.45) is 2.25. The van der Waals surface area contributed by atoms with Gasteiger partial charge in [0.05, 0.1) is 6.54 Å². The predicted molar refractivity (Wildman–Crippen MR) is 105 cm³/mol. The quantitative estimate of drug-likeness (QED) is 0.637. The van der Waals surface area contributed by atoms with Crippen LogP contribution in [0.25, 0.3) is 5.69 Å². The van der Waals surface area contributed by atoms with Crippen LogP contribution < -0.4 is 5.56 Å². The summed E-state index contributed by atoms with van der Waals surface area (Å²) in [5.41, 5.74) is 0.597. The van der Waals surface area contributed by atoms with Gasteiger partial charge in [0.1, 0.15) is 11.4 Å². The Morgan fingerprint density at radius 2 is 1.93 bits per heavy atom. The van der Waals surface area contributed by atoms with Gasteiger partial charge in [-0.3, -0.25) is 14.2 Å². The first-order valence-corrected chi connectivity index (χ1v) is 9.31. The predicted octanol–water partition coefficient (Wildman–Crippen LogP) is 3.14. The van der Waals surface area contributed by atoms with E-state index in [0.29, 0.717) is 35.3 Å². The van der Waals surface area contributed by atoms with E-state index in [9.17, 15) is 14.0 Å². The summed E-state index contributed by atoms with van der Waals surface area (Å²) >= 11 is 0. The highest BCUT2D eigenvalue weighted by atomic mass is 19.1. The summed E-state index contributed by atoms with van der Waals surface area (Å²) in [5.74, 6) is 0.431. The fourth-order valence-corrected chi connectivity index (χ4v) is 2.96. The number of hydrogen-bond acceptors (Lipinski definition) is 5. The van der Waals surface area contributed by atoms with Crippen molar-refractivity contribution in [3.05, 3.63) is 75.5 Å². The second kappa shape index (κ2) is 8.38. The van der Waals surface area contributed by atoms with Crippen LogP contribution in [0.2, 0.25) is 0 Å². The van der Waals surface area contributed by atoms with Gasteiger partial charge in [-0.15, -0.1) is 0 Å². The Labute approximate surface area is 167 Å². The molecule has 152 valence electrons. The van der Waals surface area contributed by atoms with E-state index in [4.69, 9.17) is 4.52 Å². The van der Waals surface area contributed by atoms with E-state index in [-0.39, 0.29) is 12.1 Å². The number of benzene rings is 1. The minimum Gasteiger partial charge on any atom is -0.337 e. The van der Waals surface area contributed by atoms with Crippen molar-refractivity contribution in [2.24, 2.45) is 5.92 Å². The molecule has 3 aromatic rings. The van der Waals surface area contributed by atoms with Gasteiger partial charge in [0.15, 0.2) is 5.82 Å². The molecular weight excluding hydrogens is 375 g/mol. The van der Waals surface area contributed by atoms with E-state index in [1.54, 1.807) is 26.2 Å². The number of amides is 1. The van der Waals surface area contributed by atoms with Gasteiger partial charge < -0.3 is 9.42 Å².